The summed E-state index contributed by atoms with van der Waals surface area (Å²) in [7, 11) is 0. The van der Waals surface area contributed by atoms with Crippen LogP contribution in [0.5, 0.6) is 0 Å². The summed E-state index contributed by atoms with van der Waals surface area (Å²) in [5.74, 6) is 0.350. The van der Waals surface area contributed by atoms with Crippen molar-refractivity contribution in [2.45, 2.75) is 32.7 Å². The number of benzene rings is 2. The van der Waals surface area contributed by atoms with Crippen molar-refractivity contribution < 1.29 is 4.79 Å². The SMILES string of the molecule is CCc1cc(=O)n(CC(=O)NCCCc2ccccc2)c(-c2ccccc2)n1. The van der Waals surface area contributed by atoms with Crippen molar-refractivity contribution in [2.24, 2.45) is 0 Å². The zero-order valence-corrected chi connectivity index (χ0v) is 16.1. The normalized spacial score (nSPS) is 10.6. The van der Waals surface area contributed by atoms with Gasteiger partial charge in [-0.3, -0.25) is 14.2 Å². The third kappa shape index (κ3) is 5.16. The number of rotatable bonds is 8. The highest BCUT2D eigenvalue weighted by atomic mass is 16.2. The molecule has 3 rings (SSSR count). The average molecular weight is 375 g/mol. The number of aryl methyl sites for hydroxylation is 2. The number of nitrogens with zero attached hydrogens (tertiary/aromatic N) is 2. The third-order valence-corrected chi connectivity index (χ3v) is 4.56. The molecule has 0 spiro atoms. The summed E-state index contributed by atoms with van der Waals surface area (Å²) in [6.45, 7) is 2.50. The second-order valence-corrected chi connectivity index (χ2v) is 6.65. The van der Waals surface area contributed by atoms with Crippen LogP contribution in [0.25, 0.3) is 11.4 Å². The molecule has 0 aliphatic rings. The van der Waals surface area contributed by atoms with E-state index in [1.807, 2.05) is 55.5 Å². The first-order valence-corrected chi connectivity index (χ1v) is 9.64. The van der Waals surface area contributed by atoms with E-state index in [9.17, 15) is 9.59 Å². The molecule has 0 saturated carbocycles. The van der Waals surface area contributed by atoms with Crippen LogP contribution in [0.1, 0.15) is 24.6 Å². The van der Waals surface area contributed by atoms with Crippen LogP contribution in [0, 0.1) is 0 Å². The molecule has 0 bridgehead atoms. The zero-order valence-electron chi connectivity index (χ0n) is 16.1. The lowest BCUT2D eigenvalue weighted by Crippen LogP contribution is -2.34. The summed E-state index contributed by atoms with van der Waals surface area (Å²) >= 11 is 0. The smallest absolute Gasteiger partial charge is 0.254 e. The molecule has 1 N–H and O–H groups in total. The lowest BCUT2D eigenvalue weighted by Gasteiger charge is -2.13. The Balaban J connectivity index is 1.67. The van der Waals surface area contributed by atoms with Crippen molar-refractivity contribution in [2.75, 3.05) is 6.54 Å². The molecule has 0 saturated heterocycles. The van der Waals surface area contributed by atoms with Crippen LogP contribution in [0.3, 0.4) is 0 Å². The van der Waals surface area contributed by atoms with Gasteiger partial charge in [0.1, 0.15) is 12.4 Å². The van der Waals surface area contributed by atoms with Crippen LogP contribution in [0.4, 0.5) is 0 Å². The molecule has 0 fully saturated rings. The molecule has 1 heterocycles. The van der Waals surface area contributed by atoms with E-state index in [4.69, 9.17) is 0 Å². The van der Waals surface area contributed by atoms with Crippen LogP contribution in [0.2, 0.25) is 0 Å². The molecule has 0 atom stereocenters. The Morgan fingerprint density at radius 1 is 1.04 bits per heavy atom. The first-order chi connectivity index (χ1) is 13.7. The van der Waals surface area contributed by atoms with Gasteiger partial charge in [-0.25, -0.2) is 4.98 Å². The van der Waals surface area contributed by atoms with Gasteiger partial charge < -0.3 is 5.32 Å². The number of hydrogen-bond acceptors (Lipinski definition) is 3. The minimum absolute atomic E-state index is 0.0363. The van der Waals surface area contributed by atoms with E-state index in [0.717, 1.165) is 24.1 Å². The van der Waals surface area contributed by atoms with Gasteiger partial charge in [-0.1, -0.05) is 67.6 Å². The van der Waals surface area contributed by atoms with Gasteiger partial charge in [0.25, 0.3) is 5.56 Å². The first-order valence-electron chi connectivity index (χ1n) is 9.64. The molecule has 0 aliphatic heterocycles. The van der Waals surface area contributed by atoms with Gasteiger partial charge in [0.2, 0.25) is 5.91 Å². The Kier molecular flexibility index (Phi) is 6.73. The molecular formula is C23H25N3O2. The van der Waals surface area contributed by atoms with Gasteiger partial charge in [-0.05, 0) is 24.8 Å². The van der Waals surface area contributed by atoms with Crippen LogP contribution < -0.4 is 10.9 Å². The lowest BCUT2D eigenvalue weighted by molar-refractivity contribution is -0.121. The second kappa shape index (κ2) is 9.65. The molecule has 0 radical (unpaired) electrons. The predicted molar refractivity (Wildman–Crippen MR) is 111 cm³/mol. The highest BCUT2D eigenvalue weighted by molar-refractivity contribution is 5.76. The van der Waals surface area contributed by atoms with Gasteiger partial charge in [0.05, 0.1) is 0 Å². The van der Waals surface area contributed by atoms with Gasteiger partial charge in [0, 0.05) is 23.9 Å². The fraction of sp³-hybridized carbons (Fsp3) is 0.261. The standard InChI is InChI=1S/C23H25N3O2/c1-2-20-16-22(28)26(23(25-20)19-13-7-4-8-14-19)17-21(27)24-15-9-12-18-10-5-3-6-11-18/h3-8,10-11,13-14,16H,2,9,12,15,17H2,1H3,(H,24,27). The summed E-state index contributed by atoms with van der Waals surface area (Å²) in [5.41, 5.74) is 2.60. The van der Waals surface area contributed by atoms with E-state index >= 15 is 0 Å². The van der Waals surface area contributed by atoms with Crippen molar-refractivity contribution in [1.29, 1.82) is 0 Å². The van der Waals surface area contributed by atoms with E-state index in [2.05, 4.69) is 22.4 Å². The predicted octanol–water partition coefficient (Wildman–Crippen LogP) is 3.22. The summed E-state index contributed by atoms with van der Waals surface area (Å²) in [6.07, 6.45) is 2.42. The fourth-order valence-electron chi connectivity index (χ4n) is 3.06. The minimum Gasteiger partial charge on any atom is -0.355 e. The van der Waals surface area contributed by atoms with Crippen LogP contribution in [-0.2, 0) is 24.2 Å². The lowest BCUT2D eigenvalue weighted by atomic mass is 10.1. The summed E-state index contributed by atoms with van der Waals surface area (Å²) in [4.78, 5) is 29.6. The van der Waals surface area contributed by atoms with E-state index in [-0.39, 0.29) is 18.0 Å². The molecule has 0 aliphatic carbocycles. The molecule has 2 aromatic carbocycles. The molecule has 1 aromatic heterocycles. The molecular weight excluding hydrogens is 350 g/mol. The van der Waals surface area contributed by atoms with Crippen LogP contribution >= 0.6 is 0 Å². The highest BCUT2D eigenvalue weighted by Crippen LogP contribution is 2.15. The Labute approximate surface area is 165 Å². The van der Waals surface area contributed by atoms with Crippen molar-refractivity contribution in [3.8, 4) is 11.4 Å². The minimum atomic E-state index is -0.204. The Morgan fingerprint density at radius 3 is 2.39 bits per heavy atom. The number of nitrogens with one attached hydrogen (secondary N) is 1. The van der Waals surface area contributed by atoms with E-state index < -0.39 is 0 Å². The molecule has 3 aromatic rings. The molecule has 1 amide bonds. The van der Waals surface area contributed by atoms with Gasteiger partial charge in [0.15, 0.2) is 0 Å². The maximum absolute atomic E-state index is 12.6. The number of aromatic nitrogens is 2. The Morgan fingerprint density at radius 2 is 1.71 bits per heavy atom. The third-order valence-electron chi connectivity index (χ3n) is 4.56. The van der Waals surface area contributed by atoms with Gasteiger partial charge >= 0.3 is 0 Å². The van der Waals surface area contributed by atoms with Gasteiger partial charge in [-0.15, -0.1) is 0 Å². The van der Waals surface area contributed by atoms with Crippen molar-refractivity contribution >= 4 is 5.91 Å². The molecule has 0 unspecified atom stereocenters. The number of carbonyl (C=O) groups excluding carboxylic acids is 1. The van der Waals surface area contributed by atoms with Crippen molar-refractivity contribution in [3.05, 3.63) is 88.3 Å². The fourth-order valence-corrected chi connectivity index (χ4v) is 3.06. The summed E-state index contributed by atoms with van der Waals surface area (Å²) in [6, 6.07) is 21.2. The van der Waals surface area contributed by atoms with E-state index in [1.54, 1.807) is 0 Å². The summed E-state index contributed by atoms with van der Waals surface area (Å²) in [5, 5.41) is 2.91. The number of hydrogen-bond donors (Lipinski definition) is 1. The van der Waals surface area contributed by atoms with Crippen molar-refractivity contribution in [3.63, 3.8) is 0 Å². The number of carbonyl (C=O) groups is 1. The molecule has 5 heteroatoms. The highest BCUT2D eigenvalue weighted by Gasteiger charge is 2.13. The number of amides is 1. The van der Waals surface area contributed by atoms with Crippen molar-refractivity contribution in [1.82, 2.24) is 14.9 Å². The van der Waals surface area contributed by atoms with Crippen LogP contribution in [0.15, 0.2) is 71.5 Å². The molecule has 28 heavy (non-hydrogen) atoms. The second-order valence-electron chi connectivity index (χ2n) is 6.65. The van der Waals surface area contributed by atoms with Gasteiger partial charge in [-0.2, -0.15) is 0 Å². The molecule has 5 nitrogen and oxygen atoms in total. The van der Waals surface area contributed by atoms with Crippen LogP contribution in [-0.4, -0.2) is 22.0 Å². The quantitative estimate of drug-likeness (QED) is 0.615. The zero-order chi connectivity index (χ0) is 19.8. The first kappa shape index (κ1) is 19.5. The summed E-state index contributed by atoms with van der Waals surface area (Å²) < 4.78 is 1.45. The molecule has 144 valence electrons. The Hall–Kier alpha value is -3.21. The largest absolute Gasteiger partial charge is 0.355 e. The monoisotopic (exact) mass is 375 g/mol. The van der Waals surface area contributed by atoms with E-state index in [1.165, 1.54) is 16.2 Å². The average Bonchev–Trinajstić information content (AvgIpc) is 2.74. The topological polar surface area (TPSA) is 64.0 Å². The maximum Gasteiger partial charge on any atom is 0.254 e. The maximum atomic E-state index is 12.6. The Bertz CT molecular complexity index is 966. The van der Waals surface area contributed by atoms with E-state index in [0.29, 0.717) is 18.8 Å².